The molecule has 1 aliphatic heterocycles. The van der Waals surface area contributed by atoms with Crippen LogP contribution in [0.5, 0.6) is 0 Å². The Morgan fingerprint density at radius 3 is 2.75 bits per heavy atom. The summed E-state index contributed by atoms with van der Waals surface area (Å²) in [4.78, 5) is 10.7. The van der Waals surface area contributed by atoms with E-state index in [4.69, 9.17) is 14.6 Å². The van der Waals surface area contributed by atoms with E-state index in [1.165, 1.54) is 0 Å². The van der Waals surface area contributed by atoms with Crippen molar-refractivity contribution in [2.24, 2.45) is 0 Å². The maximum absolute atomic E-state index is 10.7. The van der Waals surface area contributed by atoms with Gasteiger partial charge < -0.3 is 19.3 Å². The average Bonchev–Trinajstić information content (AvgIpc) is 2.06. The maximum Gasteiger partial charge on any atom is 0.510 e. The van der Waals surface area contributed by atoms with E-state index in [2.05, 4.69) is 4.74 Å². The van der Waals surface area contributed by atoms with E-state index in [1.807, 2.05) is 0 Å². The molecule has 1 N–H and O–H groups in total. The molecule has 0 radical (unpaired) electrons. The zero-order valence-electron chi connectivity index (χ0n) is 6.69. The Morgan fingerprint density at radius 2 is 2.17 bits per heavy atom. The number of aliphatic hydroxyl groups excluding tert-OH is 1. The van der Waals surface area contributed by atoms with Gasteiger partial charge >= 0.3 is 6.16 Å². The zero-order chi connectivity index (χ0) is 8.81. The molecule has 5 nitrogen and oxygen atoms in total. The molecule has 12 heavy (non-hydrogen) atoms. The average molecular weight is 176 g/mol. The Balaban J connectivity index is 2.15. The molecule has 0 saturated carbocycles. The van der Waals surface area contributed by atoms with Gasteiger partial charge in [-0.2, -0.15) is 0 Å². The fraction of sp³-hybridized carbons (Fsp3) is 0.857. The van der Waals surface area contributed by atoms with Crippen LogP contribution in [0.25, 0.3) is 0 Å². The number of carbonyl (C=O) groups is 1. The first-order chi connectivity index (χ1) is 5.83. The molecule has 0 amide bonds. The van der Waals surface area contributed by atoms with E-state index in [9.17, 15) is 4.79 Å². The third-order valence-electron chi connectivity index (χ3n) is 1.61. The Hall–Kier alpha value is -0.810. The molecule has 0 aliphatic carbocycles. The zero-order valence-corrected chi connectivity index (χ0v) is 6.69. The highest BCUT2D eigenvalue weighted by atomic mass is 16.8. The van der Waals surface area contributed by atoms with Crippen LogP contribution in [0.4, 0.5) is 4.79 Å². The Kier molecular flexibility index (Phi) is 3.83. The van der Waals surface area contributed by atoms with Gasteiger partial charge in [0.1, 0.15) is 6.10 Å². The third-order valence-corrected chi connectivity index (χ3v) is 1.61. The van der Waals surface area contributed by atoms with E-state index < -0.39 is 12.9 Å². The number of aliphatic hydroxyl groups is 1. The molecule has 0 aromatic rings. The number of hydrogen-bond acceptors (Lipinski definition) is 5. The molecule has 0 aromatic carbocycles. The van der Waals surface area contributed by atoms with E-state index in [-0.39, 0.29) is 6.10 Å². The van der Waals surface area contributed by atoms with E-state index in [0.29, 0.717) is 26.1 Å². The van der Waals surface area contributed by atoms with Crippen LogP contribution in [-0.4, -0.2) is 37.4 Å². The molecule has 70 valence electrons. The van der Waals surface area contributed by atoms with Gasteiger partial charge in [-0.25, -0.2) is 4.79 Å². The predicted molar refractivity (Wildman–Crippen MR) is 38.5 cm³/mol. The van der Waals surface area contributed by atoms with Crippen LogP contribution in [0.1, 0.15) is 12.8 Å². The van der Waals surface area contributed by atoms with Crippen LogP contribution < -0.4 is 0 Å². The SMILES string of the molecule is O=C(OCO)OC1CCOCC1. The van der Waals surface area contributed by atoms with E-state index in [1.54, 1.807) is 0 Å². The van der Waals surface area contributed by atoms with E-state index >= 15 is 0 Å². The second kappa shape index (κ2) is 4.95. The van der Waals surface area contributed by atoms with Gasteiger partial charge in [-0.15, -0.1) is 0 Å². The molecule has 1 heterocycles. The minimum atomic E-state index is -0.815. The van der Waals surface area contributed by atoms with Crippen LogP contribution in [0.3, 0.4) is 0 Å². The molecule has 0 spiro atoms. The van der Waals surface area contributed by atoms with Crippen molar-refractivity contribution in [2.45, 2.75) is 18.9 Å². The van der Waals surface area contributed by atoms with Crippen molar-refractivity contribution >= 4 is 6.16 Å². The highest BCUT2D eigenvalue weighted by Gasteiger charge is 2.18. The molecule has 0 unspecified atom stereocenters. The molecule has 0 atom stereocenters. The molecule has 5 heteroatoms. The number of rotatable bonds is 2. The summed E-state index contributed by atoms with van der Waals surface area (Å²) in [5, 5.41) is 8.22. The molecule has 0 aromatic heterocycles. The molecular formula is C7H12O5. The summed E-state index contributed by atoms with van der Waals surface area (Å²) >= 11 is 0. The highest BCUT2D eigenvalue weighted by Crippen LogP contribution is 2.10. The van der Waals surface area contributed by atoms with Gasteiger partial charge in [0.15, 0.2) is 6.79 Å². The van der Waals surface area contributed by atoms with Crippen LogP contribution in [0.15, 0.2) is 0 Å². The van der Waals surface area contributed by atoms with Gasteiger partial charge in [-0.3, -0.25) is 0 Å². The minimum Gasteiger partial charge on any atom is -0.431 e. The topological polar surface area (TPSA) is 65.0 Å². The molecule has 0 bridgehead atoms. The molecule has 1 fully saturated rings. The van der Waals surface area contributed by atoms with Gasteiger partial charge in [0, 0.05) is 12.8 Å². The van der Waals surface area contributed by atoms with Crippen molar-refractivity contribution in [3.8, 4) is 0 Å². The summed E-state index contributed by atoms with van der Waals surface area (Å²) in [6.45, 7) is 0.580. The number of carbonyl (C=O) groups excluding carboxylic acids is 1. The normalized spacial score (nSPS) is 18.8. The summed E-state index contributed by atoms with van der Waals surface area (Å²) < 4.78 is 14.1. The minimum absolute atomic E-state index is 0.127. The van der Waals surface area contributed by atoms with Gasteiger partial charge in [-0.05, 0) is 0 Å². The van der Waals surface area contributed by atoms with Gasteiger partial charge in [0.25, 0.3) is 0 Å². The van der Waals surface area contributed by atoms with Crippen molar-refractivity contribution in [3.05, 3.63) is 0 Å². The first-order valence-corrected chi connectivity index (χ1v) is 3.85. The Morgan fingerprint density at radius 1 is 1.50 bits per heavy atom. The molecular weight excluding hydrogens is 164 g/mol. The third kappa shape index (κ3) is 3.06. The smallest absolute Gasteiger partial charge is 0.431 e. The van der Waals surface area contributed by atoms with Crippen LogP contribution >= 0.6 is 0 Å². The molecule has 1 saturated heterocycles. The number of ether oxygens (including phenoxy) is 3. The lowest BCUT2D eigenvalue weighted by Gasteiger charge is -2.21. The van der Waals surface area contributed by atoms with Gasteiger partial charge in [0.05, 0.1) is 13.2 Å². The highest BCUT2D eigenvalue weighted by molar-refractivity contribution is 5.59. The van der Waals surface area contributed by atoms with Crippen molar-refractivity contribution in [1.29, 1.82) is 0 Å². The first kappa shape index (κ1) is 9.28. The summed E-state index contributed by atoms with van der Waals surface area (Å²) in [7, 11) is 0. The maximum atomic E-state index is 10.7. The fourth-order valence-electron chi connectivity index (χ4n) is 1.02. The monoisotopic (exact) mass is 176 g/mol. The number of hydrogen-bond donors (Lipinski definition) is 1. The summed E-state index contributed by atoms with van der Waals surface area (Å²) in [6.07, 6.45) is 0.448. The van der Waals surface area contributed by atoms with Crippen LogP contribution in [0.2, 0.25) is 0 Å². The Labute approximate surface area is 70.2 Å². The van der Waals surface area contributed by atoms with E-state index in [0.717, 1.165) is 0 Å². The second-order valence-electron chi connectivity index (χ2n) is 2.45. The lowest BCUT2D eigenvalue weighted by Crippen LogP contribution is -2.26. The largest absolute Gasteiger partial charge is 0.510 e. The standard InChI is InChI=1S/C7H12O5/c8-5-11-7(9)12-6-1-3-10-4-2-6/h6,8H,1-5H2. The summed E-state index contributed by atoms with van der Waals surface area (Å²) in [6, 6.07) is 0. The molecule has 1 aliphatic rings. The van der Waals surface area contributed by atoms with Crippen molar-refractivity contribution in [1.82, 2.24) is 0 Å². The summed E-state index contributed by atoms with van der Waals surface area (Å²) in [5.41, 5.74) is 0. The summed E-state index contributed by atoms with van der Waals surface area (Å²) in [5.74, 6) is 0. The first-order valence-electron chi connectivity index (χ1n) is 3.85. The molecule has 1 rings (SSSR count). The predicted octanol–water partition coefficient (Wildman–Crippen LogP) is 0.268. The Bertz CT molecular complexity index is 141. The fourth-order valence-corrected chi connectivity index (χ4v) is 1.02. The van der Waals surface area contributed by atoms with Crippen molar-refractivity contribution in [3.63, 3.8) is 0 Å². The quantitative estimate of drug-likeness (QED) is 0.483. The second-order valence-corrected chi connectivity index (χ2v) is 2.45. The van der Waals surface area contributed by atoms with Gasteiger partial charge in [-0.1, -0.05) is 0 Å². The lowest BCUT2D eigenvalue weighted by molar-refractivity contribution is -0.0505. The van der Waals surface area contributed by atoms with Crippen molar-refractivity contribution in [2.75, 3.05) is 20.0 Å². The lowest BCUT2D eigenvalue weighted by atomic mass is 10.2. The van der Waals surface area contributed by atoms with Crippen LogP contribution in [-0.2, 0) is 14.2 Å². The van der Waals surface area contributed by atoms with Crippen LogP contribution in [0, 0.1) is 0 Å². The van der Waals surface area contributed by atoms with Gasteiger partial charge in [0.2, 0.25) is 0 Å². The van der Waals surface area contributed by atoms with Crippen molar-refractivity contribution < 1.29 is 24.1 Å².